The average Bonchev–Trinajstić information content (AvgIpc) is 3.38. The Hall–Kier alpha value is -3.45. The Morgan fingerprint density at radius 2 is 1.69 bits per heavy atom. The lowest BCUT2D eigenvalue weighted by molar-refractivity contribution is 0.386. The molecule has 0 aliphatic carbocycles. The van der Waals surface area contributed by atoms with E-state index in [1.54, 1.807) is 37.8 Å². The van der Waals surface area contributed by atoms with Gasteiger partial charge in [-0.05, 0) is 66.2 Å². The molecule has 0 amide bonds. The zero-order chi connectivity index (χ0) is 26.5. The van der Waals surface area contributed by atoms with Crippen molar-refractivity contribution in [2.75, 3.05) is 7.05 Å². The number of allylic oxidation sites excluding steroid dienone is 2. The van der Waals surface area contributed by atoms with Gasteiger partial charge in [0.25, 0.3) is 0 Å². The molecule has 0 unspecified atom stereocenters. The number of hydrogen-bond donors (Lipinski definition) is 0. The Morgan fingerprint density at radius 3 is 2.14 bits per heavy atom. The third-order valence-corrected chi connectivity index (χ3v) is 4.20. The first-order valence-corrected chi connectivity index (χ1v) is 12.0. The first kappa shape index (κ1) is 31.6. The van der Waals surface area contributed by atoms with Gasteiger partial charge in [-0.2, -0.15) is 0 Å². The number of aliphatic imine (C=N–C) groups is 2. The fraction of sp³-hybridized carbons (Fsp3) is 0.250. The van der Waals surface area contributed by atoms with Crippen LogP contribution in [0.3, 0.4) is 0 Å². The summed E-state index contributed by atoms with van der Waals surface area (Å²) in [6.45, 7) is 18.6. The number of hydrogen-bond acceptors (Lipinski definition) is 6. The van der Waals surface area contributed by atoms with Crippen molar-refractivity contribution in [3.63, 3.8) is 0 Å². The van der Waals surface area contributed by atoms with Crippen LogP contribution in [0.1, 0.15) is 44.7 Å². The van der Waals surface area contributed by atoms with Gasteiger partial charge in [0.05, 0.1) is 10.3 Å². The molecule has 7 heteroatoms. The highest BCUT2D eigenvalue weighted by Crippen LogP contribution is 2.15. The second-order valence-corrected chi connectivity index (χ2v) is 7.58. The van der Waals surface area contributed by atoms with Crippen LogP contribution in [0, 0.1) is 0 Å². The van der Waals surface area contributed by atoms with Crippen LogP contribution in [-0.4, -0.2) is 34.1 Å². The van der Waals surface area contributed by atoms with Crippen molar-refractivity contribution in [3.8, 4) is 11.4 Å². The SMILES string of the molecule is C=C/C(=N\C(=C)Br)c1cc(CC)on1.C=CC.CC=NC.CCc1cccc(-c2ncccn2)c1. The van der Waals surface area contributed by atoms with Gasteiger partial charge in [-0.1, -0.05) is 56.4 Å². The van der Waals surface area contributed by atoms with E-state index in [4.69, 9.17) is 4.52 Å². The molecule has 0 spiro atoms. The summed E-state index contributed by atoms with van der Waals surface area (Å²) in [6, 6.07) is 12.0. The third-order valence-electron chi connectivity index (χ3n) is 4.02. The minimum Gasteiger partial charge on any atom is -0.361 e. The van der Waals surface area contributed by atoms with Gasteiger partial charge < -0.3 is 9.52 Å². The highest BCUT2D eigenvalue weighted by atomic mass is 79.9. The third kappa shape index (κ3) is 13.8. The van der Waals surface area contributed by atoms with E-state index in [2.05, 4.69) is 79.8 Å². The molecule has 0 saturated heterocycles. The van der Waals surface area contributed by atoms with E-state index in [-0.39, 0.29) is 0 Å². The van der Waals surface area contributed by atoms with Crippen LogP contribution in [0.4, 0.5) is 0 Å². The number of halogens is 1. The van der Waals surface area contributed by atoms with Gasteiger partial charge in [0, 0.05) is 37.5 Å². The zero-order valence-electron chi connectivity index (χ0n) is 21.4. The normalized spacial score (nSPS) is 10.1. The van der Waals surface area contributed by atoms with Gasteiger partial charge in [0.2, 0.25) is 0 Å². The summed E-state index contributed by atoms with van der Waals surface area (Å²) in [7, 11) is 1.75. The van der Waals surface area contributed by atoms with E-state index in [0.29, 0.717) is 16.0 Å². The number of benzene rings is 1. The molecule has 2 aromatic heterocycles. The molecule has 0 aliphatic heterocycles. The molecule has 35 heavy (non-hydrogen) atoms. The van der Waals surface area contributed by atoms with Gasteiger partial charge in [-0.15, -0.1) is 6.58 Å². The number of rotatable bonds is 6. The molecular formula is C28H36BrN5O. The summed E-state index contributed by atoms with van der Waals surface area (Å²) in [4.78, 5) is 16.1. The second-order valence-electron chi connectivity index (χ2n) is 6.66. The molecule has 6 nitrogen and oxygen atoms in total. The maximum Gasteiger partial charge on any atom is 0.159 e. The molecule has 186 valence electrons. The van der Waals surface area contributed by atoms with Gasteiger partial charge in [-0.3, -0.25) is 0 Å². The van der Waals surface area contributed by atoms with Crippen molar-refractivity contribution < 1.29 is 4.52 Å². The molecule has 0 N–H and O–H groups in total. The van der Waals surface area contributed by atoms with Gasteiger partial charge >= 0.3 is 0 Å². The summed E-state index contributed by atoms with van der Waals surface area (Å²) in [5.74, 6) is 1.62. The minimum atomic E-state index is 0.536. The van der Waals surface area contributed by atoms with Crippen molar-refractivity contribution in [3.05, 3.63) is 102 Å². The van der Waals surface area contributed by atoms with Crippen LogP contribution in [0.25, 0.3) is 11.4 Å². The Morgan fingerprint density at radius 1 is 1.06 bits per heavy atom. The van der Waals surface area contributed by atoms with Crippen molar-refractivity contribution in [2.24, 2.45) is 9.98 Å². The Kier molecular flexibility index (Phi) is 18.0. The van der Waals surface area contributed by atoms with Crippen LogP contribution in [0.5, 0.6) is 0 Å². The van der Waals surface area contributed by atoms with Crippen LogP contribution in [0.2, 0.25) is 0 Å². The molecule has 0 saturated carbocycles. The van der Waals surface area contributed by atoms with Gasteiger partial charge in [0.1, 0.15) is 11.5 Å². The summed E-state index contributed by atoms with van der Waals surface area (Å²) in [5, 5.41) is 3.87. The molecule has 0 aliphatic rings. The lowest BCUT2D eigenvalue weighted by Crippen LogP contribution is -1.95. The standard InChI is InChI=1S/C12H12N2.C10H11BrN2O.C3H7N.C3H6/c1-2-10-5-3-6-11(9-10)12-13-7-4-8-14-12;1-4-8-6-10(13-14-8)9(5-2)12-7(3)11;1-3-4-2;1-3-2/h3-9H,2H2,1H3;5-6H,2-4H2,1H3;3H,1-2H3;3H,1H2,2H3/b;12-9+;;. The smallest absolute Gasteiger partial charge is 0.159 e. The Balaban J connectivity index is 0.000000524. The monoisotopic (exact) mass is 537 g/mol. The summed E-state index contributed by atoms with van der Waals surface area (Å²) >= 11 is 3.15. The molecule has 2 heterocycles. The fourth-order valence-corrected chi connectivity index (χ4v) is 2.51. The molecular weight excluding hydrogens is 502 g/mol. The first-order valence-electron chi connectivity index (χ1n) is 11.2. The molecule has 1 aromatic carbocycles. The van der Waals surface area contributed by atoms with Gasteiger partial charge in [0.15, 0.2) is 5.82 Å². The second kappa shape index (κ2) is 20.0. The largest absolute Gasteiger partial charge is 0.361 e. The molecule has 0 fully saturated rings. The minimum absolute atomic E-state index is 0.536. The van der Waals surface area contributed by atoms with Crippen LogP contribution in [-0.2, 0) is 12.8 Å². The van der Waals surface area contributed by atoms with Crippen molar-refractivity contribution in [1.29, 1.82) is 0 Å². The van der Waals surface area contributed by atoms with Crippen LogP contribution < -0.4 is 0 Å². The average molecular weight is 539 g/mol. The van der Waals surface area contributed by atoms with E-state index in [1.807, 2.05) is 45.0 Å². The summed E-state index contributed by atoms with van der Waals surface area (Å²) < 4.78 is 5.59. The topological polar surface area (TPSA) is 76.5 Å². The highest BCUT2D eigenvalue weighted by molar-refractivity contribution is 9.11. The lowest BCUT2D eigenvalue weighted by atomic mass is 10.1. The summed E-state index contributed by atoms with van der Waals surface area (Å²) in [6.07, 6.45) is 10.5. The van der Waals surface area contributed by atoms with Gasteiger partial charge in [-0.25, -0.2) is 15.0 Å². The predicted molar refractivity (Wildman–Crippen MR) is 153 cm³/mol. The highest BCUT2D eigenvalue weighted by Gasteiger charge is 2.06. The van der Waals surface area contributed by atoms with E-state index >= 15 is 0 Å². The van der Waals surface area contributed by atoms with E-state index < -0.39 is 0 Å². The number of aromatic nitrogens is 3. The molecule has 0 atom stereocenters. The molecule has 0 radical (unpaired) electrons. The van der Waals surface area contributed by atoms with E-state index in [0.717, 1.165) is 30.0 Å². The van der Waals surface area contributed by atoms with Crippen LogP contribution in [0.15, 0.2) is 99.8 Å². The maximum absolute atomic E-state index is 5.05. The van der Waals surface area contributed by atoms with E-state index in [9.17, 15) is 0 Å². The lowest BCUT2D eigenvalue weighted by Gasteiger charge is -2.01. The van der Waals surface area contributed by atoms with Crippen molar-refractivity contribution >= 4 is 27.9 Å². The number of aryl methyl sites for hydroxylation is 2. The molecule has 0 bridgehead atoms. The van der Waals surface area contributed by atoms with Crippen molar-refractivity contribution in [1.82, 2.24) is 15.1 Å². The maximum atomic E-state index is 5.05. The van der Waals surface area contributed by atoms with Crippen molar-refractivity contribution in [2.45, 2.75) is 40.5 Å². The first-order chi connectivity index (χ1) is 16.9. The quantitative estimate of drug-likeness (QED) is 0.183. The summed E-state index contributed by atoms with van der Waals surface area (Å²) in [5.41, 5.74) is 3.73. The molecule has 3 aromatic rings. The Bertz CT molecular complexity index is 1070. The zero-order valence-corrected chi connectivity index (χ0v) is 23.0. The molecule has 3 rings (SSSR count). The Labute approximate surface area is 218 Å². The predicted octanol–water partition coefficient (Wildman–Crippen LogP) is 7.68. The number of nitrogens with zero attached hydrogens (tertiary/aromatic N) is 5. The van der Waals surface area contributed by atoms with E-state index in [1.165, 1.54) is 5.56 Å². The fourth-order valence-electron chi connectivity index (χ4n) is 2.32. The van der Waals surface area contributed by atoms with Crippen LogP contribution >= 0.6 is 15.9 Å².